The first-order valence-corrected chi connectivity index (χ1v) is 11.5. The number of nitrogens with one attached hydrogen (secondary N) is 3. The van der Waals surface area contributed by atoms with Crippen molar-refractivity contribution in [2.75, 3.05) is 5.32 Å². The standard InChI is InChI=1S/C24H21ClF2N6O2/c25-12-7-15-16(10-29-20(15)17(26)8-12)22-30-11-18(27)23(33-22)31-13-3-1-4-14(9-13)32-24(35)21-19(34)5-2-6-28-21/h2,5-8,10-11,13-14,29,34H,1,3-4,9H2,(H,32,35)(H,30,31,33)/t13-,14+/m0/s1. The summed E-state index contributed by atoms with van der Waals surface area (Å²) >= 11 is 6.01. The second kappa shape index (κ2) is 9.46. The Hall–Kier alpha value is -3.79. The third-order valence-corrected chi connectivity index (χ3v) is 6.26. The van der Waals surface area contributed by atoms with Crippen LogP contribution in [0, 0.1) is 11.6 Å². The molecule has 3 heterocycles. The highest BCUT2D eigenvalue weighted by molar-refractivity contribution is 6.31. The van der Waals surface area contributed by atoms with Gasteiger partial charge in [0.2, 0.25) is 0 Å². The van der Waals surface area contributed by atoms with E-state index in [9.17, 15) is 18.7 Å². The lowest BCUT2D eigenvalue weighted by molar-refractivity contribution is 0.0918. The van der Waals surface area contributed by atoms with Crippen LogP contribution < -0.4 is 10.6 Å². The number of nitrogens with zero attached hydrogens (tertiary/aromatic N) is 3. The zero-order valence-corrected chi connectivity index (χ0v) is 19.1. The van der Waals surface area contributed by atoms with Crippen LogP contribution in [-0.2, 0) is 0 Å². The molecule has 0 saturated heterocycles. The number of aromatic hydroxyl groups is 1. The highest BCUT2D eigenvalue weighted by atomic mass is 35.5. The smallest absolute Gasteiger partial charge is 0.273 e. The summed E-state index contributed by atoms with van der Waals surface area (Å²) in [6.07, 6.45) is 6.90. The van der Waals surface area contributed by atoms with E-state index < -0.39 is 17.5 Å². The molecule has 1 aromatic carbocycles. The van der Waals surface area contributed by atoms with E-state index in [2.05, 4.69) is 30.6 Å². The molecule has 1 fully saturated rings. The van der Waals surface area contributed by atoms with Crippen molar-refractivity contribution >= 4 is 34.2 Å². The zero-order valence-electron chi connectivity index (χ0n) is 18.4. The first-order chi connectivity index (χ1) is 16.9. The van der Waals surface area contributed by atoms with E-state index in [4.69, 9.17) is 11.6 Å². The molecule has 0 bridgehead atoms. The van der Waals surface area contributed by atoms with Gasteiger partial charge in [0.05, 0.1) is 11.7 Å². The first-order valence-electron chi connectivity index (χ1n) is 11.1. The molecule has 4 aromatic rings. The molecule has 1 aliphatic carbocycles. The summed E-state index contributed by atoms with van der Waals surface area (Å²) in [6.45, 7) is 0. The fourth-order valence-electron chi connectivity index (χ4n) is 4.41. The van der Waals surface area contributed by atoms with E-state index in [1.165, 1.54) is 18.3 Å². The molecule has 0 unspecified atom stereocenters. The largest absolute Gasteiger partial charge is 0.505 e. The molecule has 35 heavy (non-hydrogen) atoms. The van der Waals surface area contributed by atoms with E-state index in [0.717, 1.165) is 25.5 Å². The average Bonchev–Trinajstić information content (AvgIpc) is 3.25. The Labute approximate surface area is 203 Å². The fourth-order valence-corrected chi connectivity index (χ4v) is 4.61. The normalized spacial score (nSPS) is 17.9. The second-order valence-electron chi connectivity index (χ2n) is 8.45. The van der Waals surface area contributed by atoms with E-state index in [1.54, 1.807) is 18.3 Å². The lowest BCUT2D eigenvalue weighted by Crippen LogP contribution is -2.42. The summed E-state index contributed by atoms with van der Waals surface area (Å²) in [5.41, 5.74) is 0.717. The number of pyridine rings is 1. The summed E-state index contributed by atoms with van der Waals surface area (Å²) < 4.78 is 28.8. The number of amides is 1. The number of hydrogen-bond donors (Lipinski definition) is 4. The second-order valence-corrected chi connectivity index (χ2v) is 8.89. The quantitative estimate of drug-likeness (QED) is 0.314. The molecule has 180 valence electrons. The molecule has 0 aliphatic heterocycles. The van der Waals surface area contributed by atoms with Crippen molar-refractivity contribution in [1.82, 2.24) is 25.3 Å². The summed E-state index contributed by atoms with van der Waals surface area (Å²) in [4.78, 5) is 27.7. The Kier molecular flexibility index (Phi) is 6.21. The SMILES string of the molecule is O=C(N[C@@H]1CCC[C@H](Nc2nc(-c3c[nH]c4c(F)cc(Cl)cc34)ncc2F)C1)c1ncccc1O. The molecule has 1 amide bonds. The Balaban J connectivity index is 1.33. The predicted molar refractivity (Wildman–Crippen MR) is 127 cm³/mol. The third-order valence-electron chi connectivity index (χ3n) is 6.04. The maximum absolute atomic E-state index is 14.6. The van der Waals surface area contributed by atoms with Crippen molar-refractivity contribution in [2.45, 2.75) is 37.8 Å². The van der Waals surface area contributed by atoms with Gasteiger partial charge in [0.15, 0.2) is 23.2 Å². The number of fused-ring (bicyclic) bond motifs is 1. The summed E-state index contributed by atoms with van der Waals surface area (Å²) in [7, 11) is 0. The maximum atomic E-state index is 14.6. The number of aromatic nitrogens is 4. The lowest BCUT2D eigenvalue weighted by Gasteiger charge is -2.30. The molecule has 1 saturated carbocycles. The monoisotopic (exact) mass is 498 g/mol. The Morgan fingerprint density at radius 2 is 2.00 bits per heavy atom. The van der Waals surface area contributed by atoms with Crippen molar-refractivity contribution in [2.24, 2.45) is 0 Å². The highest BCUT2D eigenvalue weighted by Gasteiger charge is 2.26. The Morgan fingerprint density at radius 3 is 2.83 bits per heavy atom. The number of carbonyl (C=O) groups excluding carboxylic acids is 1. The molecule has 11 heteroatoms. The van der Waals surface area contributed by atoms with Crippen LogP contribution in [0.25, 0.3) is 22.3 Å². The summed E-state index contributed by atoms with van der Waals surface area (Å²) in [5.74, 6) is -1.55. The maximum Gasteiger partial charge on any atom is 0.273 e. The summed E-state index contributed by atoms with van der Waals surface area (Å²) in [5, 5.41) is 16.6. The van der Waals surface area contributed by atoms with Crippen LogP contribution in [-0.4, -0.2) is 43.0 Å². The number of halogens is 3. The lowest BCUT2D eigenvalue weighted by atomic mass is 9.91. The van der Waals surface area contributed by atoms with Gasteiger partial charge in [-0.05, 0) is 49.9 Å². The van der Waals surface area contributed by atoms with Crippen LogP contribution in [0.15, 0.2) is 42.9 Å². The van der Waals surface area contributed by atoms with Crippen LogP contribution in [0.3, 0.4) is 0 Å². The number of H-pyrrole nitrogens is 1. The van der Waals surface area contributed by atoms with Gasteiger partial charge in [-0.2, -0.15) is 0 Å². The van der Waals surface area contributed by atoms with Crippen LogP contribution in [0.1, 0.15) is 36.2 Å². The van der Waals surface area contributed by atoms with E-state index in [-0.39, 0.29) is 45.7 Å². The Bertz CT molecular complexity index is 1410. The number of rotatable bonds is 5. The average molecular weight is 499 g/mol. The van der Waals surface area contributed by atoms with Gasteiger partial charge < -0.3 is 20.7 Å². The van der Waals surface area contributed by atoms with Crippen LogP contribution in [0.5, 0.6) is 5.75 Å². The van der Waals surface area contributed by atoms with E-state index in [0.29, 0.717) is 17.4 Å². The van der Waals surface area contributed by atoms with Gasteiger partial charge in [0, 0.05) is 40.4 Å². The number of carbonyl (C=O) groups is 1. The van der Waals surface area contributed by atoms with Crippen LogP contribution >= 0.6 is 11.6 Å². The van der Waals surface area contributed by atoms with Gasteiger partial charge in [-0.25, -0.2) is 23.7 Å². The first kappa shape index (κ1) is 23.0. The molecule has 4 N–H and O–H groups in total. The number of hydrogen-bond acceptors (Lipinski definition) is 6. The predicted octanol–water partition coefficient (Wildman–Crippen LogP) is 4.81. The van der Waals surface area contributed by atoms with Crippen LogP contribution in [0.2, 0.25) is 5.02 Å². The van der Waals surface area contributed by atoms with Crippen molar-refractivity contribution < 1.29 is 18.7 Å². The number of benzene rings is 1. The van der Waals surface area contributed by atoms with Crippen molar-refractivity contribution in [1.29, 1.82) is 0 Å². The molecular formula is C24H21ClF2N6O2. The number of aromatic amines is 1. The van der Waals surface area contributed by atoms with E-state index in [1.807, 2.05) is 0 Å². The number of anilines is 1. The summed E-state index contributed by atoms with van der Waals surface area (Å²) in [6, 6.07) is 5.41. The molecule has 0 radical (unpaired) electrons. The van der Waals surface area contributed by atoms with Gasteiger partial charge in [-0.15, -0.1) is 0 Å². The topological polar surface area (TPSA) is 116 Å². The van der Waals surface area contributed by atoms with Crippen LogP contribution in [0.4, 0.5) is 14.6 Å². The molecule has 5 rings (SSSR count). The van der Waals surface area contributed by atoms with Gasteiger partial charge >= 0.3 is 0 Å². The van der Waals surface area contributed by atoms with E-state index >= 15 is 0 Å². The Morgan fingerprint density at radius 1 is 1.17 bits per heavy atom. The van der Waals surface area contributed by atoms with Crippen molar-refractivity contribution in [3.63, 3.8) is 0 Å². The minimum absolute atomic E-state index is 0.0196. The minimum Gasteiger partial charge on any atom is -0.505 e. The van der Waals surface area contributed by atoms with Crippen molar-refractivity contribution in [3.05, 3.63) is 65.2 Å². The van der Waals surface area contributed by atoms with Crippen molar-refractivity contribution in [3.8, 4) is 17.1 Å². The molecule has 3 aromatic heterocycles. The highest BCUT2D eigenvalue weighted by Crippen LogP contribution is 2.32. The van der Waals surface area contributed by atoms with Gasteiger partial charge in [-0.1, -0.05) is 11.6 Å². The van der Waals surface area contributed by atoms with Gasteiger partial charge in [0.1, 0.15) is 11.6 Å². The molecule has 2 atom stereocenters. The molecule has 8 nitrogen and oxygen atoms in total. The third kappa shape index (κ3) is 4.74. The molecular weight excluding hydrogens is 478 g/mol. The molecule has 0 spiro atoms. The fraction of sp³-hybridized carbons (Fsp3) is 0.250. The van der Waals surface area contributed by atoms with Gasteiger partial charge in [-0.3, -0.25) is 4.79 Å². The minimum atomic E-state index is -0.623. The zero-order chi connectivity index (χ0) is 24.5. The molecule has 1 aliphatic rings. The van der Waals surface area contributed by atoms with Gasteiger partial charge in [0.25, 0.3) is 5.91 Å².